The highest BCUT2D eigenvalue weighted by Crippen LogP contribution is 2.26. The van der Waals surface area contributed by atoms with E-state index in [0.29, 0.717) is 22.3 Å². The highest BCUT2D eigenvalue weighted by atomic mass is 35.5. The Kier molecular flexibility index (Phi) is 5.10. The third-order valence-electron chi connectivity index (χ3n) is 3.04. The number of carbonyl (C=O) groups excluding carboxylic acids is 1. The fraction of sp³-hybridized carbons (Fsp3) is 0.188. The largest absolute Gasteiger partial charge is 0.326 e. The summed E-state index contributed by atoms with van der Waals surface area (Å²) in [5, 5.41) is 3.76. The number of aryl methyl sites for hydroxylation is 1. The van der Waals surface area contributed by atoms with Gasteiger partial charge in [-0.05, 0) is 49.7 Å². The molecule has 5 heteroatoms. The summed E-state index contributed by atoms with van der Waals surface area (Å²) in [5.74, 6) is 0. The quantitative estimate of drug-likeness (QED) is 0.810. The number of nitrogens with zero attached hydrogens (tertiary/aromatic N) is 1. The average molecular weight is 323 g/mol. The number of nitrogens with one attached hydrogen (secondary N) is 1. The first-order chi connectivity index (χ1) is 10.0. The van der Waals surface area contributed by atoms with Gasteiger partial charge < -0.3 is 5.32 Å². The number of benzene rings is 2. The summed E-state index contributed by atoms with van der Waals surface area (Å²) in [7, 11) is 0. The van der Waals surface area contributed by atoms with E-state index in [1.807, 2.05) is 38.1 Å². The third kappa shape index (κ3) is 3.90. The maximum absolute atomic E-state index is 12.4. The minimum atomic E-state index is -0.243. The van der Waals surface area contributed by atoms with Crippen LogP contribution in [0.25, 0.3) is 0 Å². The Morgan fingerprint density at radius 1 is 1.19 bits per heavy atom. The maximum Gasteiger partial charge on any atom is 0.326 e. The molecule has 0 fully saturated rings. The molecule has 2 aromatic rings. The molecule has 110 valence electrons. The molecule has 0 aromatic heterocycles. The summed E-state index contributed by atoms with van der Waals surface area (Å²) in [6.07, 6.45) is 0. The van der Waals surface area contributed by atoms with E-state index in [2.05, 4.69) is 5.32 Å². The molecule has 0 aliphatic heterocycles. The van der Waals surface area contributed by atoms with Crippen LogP contribution in [0.1, 0.15) is 12.5 Å². The second-order valence-corrected chi connectivity index (χ2v) is 5.48. The Balaban J connectivity index is 2.23. The first kappa shape index (κ1) is 15.7. The molecule has 0 spiro atoms. The van der Waals surface area contributed by atoms with Crippen LogP contribution < -0.4 is 10.2 Å². The number of hydrogen-bond donors (Lipinski definition) is 1. The summed E-state index contributed by atoms with van der Waals surface area (Å²) in [5.41, 5.74) is 2.44. The van der Waals surface area contributed by atoms with Gasteiger partial charge in [0.1, 0.15) is 0 Å². The number of halogens is 2. The molecule has 0 radical (unpaired) electrons. The van der Waals surface area contributed by atoms with Gasteiger partial charge in [-0.3, -0.25) is 4.90 Å². The first-order valence-electron chi connectivity index (χ1n) is 6.61. The molecule has 0 atom stereocenters. The zero-order valence-corrected chi connectivity index (χ0v) is 13.4. The number of urea groups is 1. The van der Waals surface area contributed by atoms with Gasteiger partial charge in [0.2, 0.25) is 0 Å². The van der Waals surface area contributed by atoms with Crippen LogP contribution in [-0.4, -0.2) is 12.6 Å². The molecule has 2 aromatic carbocycles. The van der Waals surface area contributed by atoms with Crippen LogP contribution in [0.2, 0.25) is 10.0 Å². The molecule has 0 saturated carbocycles. The van der Waals surface area contributed by atoms with Gasteiger partial charge in [0.05, 0.1) is 10.7 Å². The molecule has 0 heterocycles. The standard InChI is InChI=1S/C16H16Cl2N2O/c1-3-20(13-6-4-5-11(2)9-13)16(21)19-15-10-12(17)7-8-14(15)18/h4-10H,3H2,1-2H3,(H,19,21). The normalized spacial score (nSPS) is 10.3. The second-order valence-electron chi connectivity index (χ2n) is 4.64. The zero-order valence-electron chi connectivity index (χ0n) is 11.9. The van der Waals surface area contributed by atoms with Crippen molar-refractivity contribution in [2.75, 3.05) is 16.8 Å². The van der Waals surface area contributed by atoms with Crippen LogP contribution in [-0.2, 0) is 0 Å². The molecular weight excluding hydrogens is 307 g/mol. The van der Waals surface area contributed by atoms with Crippen molar-refractivity contribution >= 4 is 40.6 Å². The molecule has 0 unspecified atom stereocenters. The van der Waals surface area contributed by atoms with Gasteiger partial charge in [-0.1, -0.05) is 35.3 Å². The topological polar surface area (TPSA) is 32.3 Å². The Morgan fingerprint density at radius 3 is 2.62 bits per heavy atom. The van der Waals surface area contributed by atoms with E-state index < -0.39 is 0 Å². The van der Waals surface area contributed by atoms with Crippen LogP contribution in [0.15, 0.2) is 42.5 Å². The third-order valence-corrected chi connectivity index (χ3v) is 3.61. The highest BCUT2D eigenvalue weighted by Gasteiger charge is 2.15. The second kappa shape index (κ2) is 6.83. The highest BCUT2D eigenvalue weighted by molar-refractivity contribution is 6.35. The molecule has 0 saturated heterocycles. The van der Waals surface area contributed by atoms with Crippen molar-refractivity contribution in [2.45, 2.75) is 13.8 Å². The van der Waals surface area contributed by atoms with Crippen LogP contribution >= 0.6 is 23.2 Å². The van der Waals surface area contributed by atoms with E-state index in [9.17, 15) is 4.79 Å². The van der Waals surface area contributed by atoms with Gasteiger partial charge in [-0.25, -0.2) is 4.79 Å². The van der Waals surface area contributed by atoms with Gasteiger partial charge in [-0.2, -0.15) is 0 Å². The van der Waals surface area contributed by atoms with Gasteiger partial charge >= 0.3 is 6.03 Å². The average Bonchev–Trinajstić information content (AvgIpc) is 2.44. The predicted octanol–water partition coefficient (Wildman–Crippen LogP) is 5.36. The Labute approximate surface area is 134 Å². The summed E-state index contributed by atoms with van der Waals surface area (Å²) >= 11 is 12.0. The van der Waals surface area contributed by atoms with Crippen molar-refractivity contribution in [2.24, 2.45) is 0 Å². The molecule has 2 amide bonds. The lowest BCUT2D eigenvalue weighted by Gasteiger charge is -2.22. The lowest BCUT2D eigenvalue weighted by atomic mass is 10.2. The van der Waals surface area contributed by atoms with E-state index in [-0.39, 0.29) is 6.03 Å². The number of amides is 2. The van der Waals surface area contributed by atoms with E-state index >= 15 is 0 Å². The molecule has 3 nitrogen and oxygen atoms in total. The van der Waals surface area contributed by atoms with Crippen LogP contribution in [0.4, 0.5) is 16.2 Å². The maximum atomic E-state index is 12.4. The minimum Gasteiger partial charge on any atom is -0.306 e. The smallest absolute Gasteiger partial charge is 0.306 e. The fourth-order valence-electron chi connectivity index (χ4n) is 2.02. The van der Waals surface area contributed by atoms with Gasteiger partial charge in [0.15, 0.2) is 0 Å². The molecule has 1 N–H and O–H groups in total. The van der Waals surface area contributed by atoms with Gasteiger partial charge in [-0.15, -0.1) is 0 Å². The van der Waals surface area contributed by atoms with Crippen molar-refractivity contribution in [3.05, 3.63) is 58.1 Å². The van der Waals surface area contributed by atoms with E-state index in [1.54, 1.807) is 23.1 Å². The van der Waals surface area contributed by atoms with Gasteiger partial charge in [0, 0.05) is 17.3 Å². The lowest BCUT2D eigenvalue weighted by Crippen LogP contribution is -2.34. The van der Waals surface area contributed by atoms with Crippen molar-refractivity contribution in [3.8, 4) is 0 Å². The lowest BCUT2D eigenvalue weighted by molar-refractivity contribution is 0.257. The van der Waals surface area contributed by atoms with Crippen LogP contribution in [0.5, 0.6) is 0 Å². The van der Waals surface area contributed by atoms with Gasteiger partial charge in [0.25, 0.3) is 0 Å². The van der Waals surface area contributed by atoms with Crippen molar-refractivity contribution in [1.82, 2.24) is 0 Å². The summed E-state index contributed by atoms with van der Waals surface area (Å²) in [4.78, 5) is 14.1. The monoisotopic (exact) mass is 322 g/mol. The Hall–Kier alpha value is -1.71. The summed E-state index contributed by atoms with van der Waals surface area (Å²) in [6, 6.07) is 12.5. The van der Waals surface area contributed by atoms with Crippen LogP contribution in [0.3, 0.4) is 0 Å². The fourth-order valence-corrected chi connectivity index (χ4v) is 2.35. The summed E-state index contributed by atoms with van der Waals surface area (Å²) in [6.45, 7) is 4.46. The van der Waals surface area contributed by atoms with Crippen molar-refractivity contribution in [3.63, 3.8) is 0 Å². The molecule has 0 bridgehead atoms. The number of carbonyl (C=O) groups is 1. The predicted molar refractivity (Wildman–Crippen MR) is 89.7 cm³/mol. The van der Waals surface area contributed by atoms with E-state index in [1.165, 1.54) is 0 Å². The molecule has 2 rings (SSSR count). The van der Waals surface area contributed by atoms with E-state index in [4.69, 9.17) is 23.2 Å². The number of anilines is 2. The minimum absolute atomic E-state index is 0.243. The molecule has 0 aliphatic carbocycles. The Morgan fingerprint density at radius 2 is 1.95 bits per heavy atom. The first-order valence-corrected chi connectivity index (χ1v) is 7.37. The molecular formula is C16H16Cl2N2O. The SMILES string of the molecule is CCN(C(=O)Nc1cc(Cl)ccc1Cl)c1cccc(C)c1. The summed E-state index contributed by atoms with van der Waals surface area (Å²) < 4.78 is 0. The number of hydrogen-bond acceptors (Lipinski definition) is 1. The van der Waals surface area contributed by atoms with Crippen molar-refractivity contribution < 1.29 is 4.79 Å². The molecule has 0 aliphatic rings. The number of rotatable bonds is 3. The Bertz CT molecular complexity index is 658. The molecule has 21 heavy (non-hydrogen) atoms. The van der Waals surface area contributed by atoms with Crippen LogP contribution in [0, 0.1) is 6.92 Å². The van der Waals surface area contributed by atoms with E-state index in [0.717, 1.165) is 11.3 Å². The van der Waals surface area contributed by atoms with Crippen molar-refractivity contribution in [1.29, 1.82) is 0 Å². The zero-order chi connectivity index (χ0) is 15.4.